The second-order valence-corrected chi connectivity index (χ2v) is 5.80. The van der Waals surface area contributed by atoms with Crippen LogP contribution in [0.15, 0.2) is 0 Å². The fraction of sp³-hybridized carbons (Fsp3) is 0.786. The smallest absolute Gasteiger partial charge is 0.307 e. The fourth-order valence-corrected chi connectivity index (χ4v) is 3.32. The van der Waals surface area contributed by atoms with Crippen molar-refractivity contribution < 1.29 is 19.5 Å². The van der Waals surface area contributed by atoms with Gasteiger partial charge in [0.05, 0.1) is 11.8 Å². The first-order valence-electron chi connectivity index (χ1n) is 7.26. The summed E-state index contributed by atoms with van der Waals surface area (Å²) in [6.45, 7) is 4.61. The van der Waals surface area contributed by atoms with Gasteiger partial charge < -0.3 is 15.3 Å². The lowest BCUT2D eigenvalue weighted by Gasteiger charge is -2.35. The molecule has 2 aliphatic rings. The Balaban J connectivity index is 2.14. The number of aliphatic carboxylic acids is 1. The van der Waals surface area contributed by atoms with Crippen LogP contribution in [0, 0.1) is 17.8 Å². The Bertz CT molecular complexity index is 423. The molecule has 2 unspecified atom stereocenters. The van der Waals surface area contributed by atoms with Crippen LogP contribution in [-0.4, -0.2) is 46.9 Å². The third-order valence-corrected chi connectivity index (χ3v) is 4.65. The van der Waals surface area contributed by atoms with E-state index in [1.54, 1.807) is 6.92 Å². The predicted octanol–water partition coefficient (Wildman–Crippen LogP) is 0.470. The van der Waals surface area contributed by atoms with Crippen LogP contribution in [0.3, 0.4) is 0 Å². The van der Waals surface area contributed by atoms with Gasteiger partial charge in [0.15, 0.2) is 0 Å². The molecule has 2 fully saturated rings. The number of carbonyl (C=O) groups is 3. The first-order valence-corrected chi connectivity index (χ1v) is 7.26. The number of rotatable bonds is 3. The Labute approximate surface area is 118 Å². The summed E-state index contributed by atoms with van der Waals surface area (Å²) in [5, 5.41) is 12.0. The van der Waals surface area contributed by atoms with E-state index in [1.807, 2.05) is 6.92 Å². The highest BCUT2D eigenvalue weighted by Crippen LogP contribution is 2.39. The highest BCUT2D eigenvalue weighted by molar-refractivity contribution is 5.91. The number of hydrogen-bond acceptors (Lipinski definition) is 3. The SMILES string of the molecule is CCC1C[C@H](C(=O)N2CCNC(=O)C2C)[C@H](C(=O)O)C1. The first-order chi connectivity index (χ1) is 9.45. The zero-order chi connectivity index (χ0) is 14.9. The van der Waals surface area contributed by atoms with Crippen molar-refractivity contribution in [3.8, 4) is 0 Å². The molecule has 1 saturated carbocycles. The largest absolute Gasteiger partial charge is 0.481 e. The number of piperazine rings is 1. The standard InChI is InChI=1S/C14H22N2O4/c1-3-9-6-10(11(7-9)14(19)20)13(18)16-5-4-15-12(17)8(16)2/h8-11H,3-7H2,1-2H3,(H,15,17)(H,19,20)/t8?,9?,10-,11+/m0/s1. The van der Waals surface area contributed by atoms with Crippen LogP contribution in [0.4, 0.5) is 0 Å². The van der Waals surface area contributed by atoms with Gasteiger partial charge in [-0.25, -0.2) is 0 Å². The molecule has 2 rings (SSSR count). The maximum absolute atomic E-state index is 12.6. The Kier molecular flexibility index (Phi) is 4.30. The van der Waals surface area contributed by atoms with E-state index in [9.17, 15) is 19.5 Å². The average molecular weight is 282 g/mol. The predicted molar refractivity (Wildman–Crippen MR) is 71.8 cm³/mol. The number of nitrogens with one attached hydrogen (secondary N) is 1. The summed E-state index contributed by atoms with van der Waals surface area (Å²) in [6.07, 6.45) is 2.08. The number of hydrogen-bond donors (Lipinski definition) is 2. The van der Waals surface area contributed by atoms with Crippen LogP contribution < -0.4 is 5.32 Å². The average Bonchev–Trinajstić information content (AvgIpc) is 2.85. The molecule has 2 amide bonds. The van der Waals surface area contributed by atoms with E-state index in [2.05, 4.69) is 5.32 Å². The molecule has 112 valence electrons. The third-order valence-electron chi connectivity index (χ3n) is 4.65. The second-order valence-electron chi connectivity index (χ2n) is 5.80. The topological polar surface area (TPSA) is 86.7 Å². The summed E-state index contributed by atoms with van der Waals surface area (Å²) in [6, 6.07) is -0.508. The molecular formula is C14H22N2O4. The molecule has 6 heteroatoms. The molecule has 0 radical (unpaired) electrons. The zero-order valence-corrected chi connectivity index (χ0v) is 12.0. The normalized spacial score (nSPS) is 33.9. The molecule has 1 aliphatic heterocycles. The fourth-order valence-electron chi connectivity index (χ4n) is 3.32. The van der Waals surface area contributed by atoms with Crippen LogP contribution in [0.1, 0.15) is 33.1 Å². The lowest BCUT2D eigenvalue weighted by molar-refractivity contribution is -0.152. The van der Waals surface area contributed by atoms with Gasteiger partial charge >= 0.3 is 5.97 Å². The van der Waals surface area contributed by atoms with E-state index >= 15 is 0 Å². The van der Waals surface area contributed by atoms with Crippen molar-refractivity contribution in [1.29, 1.82) is 0 Å². The van der Waals surface area contributed by atoms with E-state index in [0.29, 0.717) is 31.8 Å². The Hall–Kier alpha value is -1.59. The van der Waals surface area contributed by atoms with Gasteiger partial charge in [-0.2, -0.15) is 0 Å². The second kappa shape index (κ2) is 5.81. The Morgan fingerprint density at radius 1 is 1.35 bits per heavy atom. The van der Waals surface area contributed by atoms with Crippen LogP contribution in [0.25, 0.3) is 0 Å². The lowest BCUT2D eigenvalue weighted by Crippen LogP contribution is -2.57. The minimum absolute atomic E-state index is 0.165. The summed E-state index contributed by atoms with van der Waals surface area (Å²) < 4.78 is 0. The Morgan fingerprint density at radius 2 is 2.00 bits per heavy atom. The molecule has 1 aliphatic carbocycles. The maximum atomic E-state index is 12.6. The van der Waals surface area contributed by atoms with Gasteiger partial charge in [-0.05, 0) is 25.7 Å². The van der Waals surface area contributed by atoms with Gasteiger partial charge in [0, 0.05) is 13.1 Å². The van der Waals surface area contributed by atoms with Crippen LogP contribution >= 0.6 is 0 Å². The molecule has 0 aromatic rings. The summed E-state index contributed by atoms with van der Waals surface area (Å²) in [4.78, 5) is 37.1. The van der Waals surface area contributed by atoms with Crippen LogP contribution in [-0.2, 0) is 14.4 Å². The summed E-state index contributed by atoms with van der Waals surface area (Å²) in [5.74, 6) is -2.03. The molecule has 1 heterocycles. The van der Waals surface area contributed by atoms with Crippen molar-refractivity contribution in [3.05, 3.63) is 0 Å². The molecule has 1 saturated heterocycles. The van der Waals surface area contributed by atoms with Gasteiger partial charge in [0.1, 0.15) is 6.04 Å². The molecule has 6 nitrogen and oxygen atoms in total. The van der Waals surface area contributed by atoms with E-state index in [0.717, 1.165) is 6.42 Å². The number of carboxylic acids is 1. The number of amides is 2. The number of carbonyl (C=O) groups excluding carboxylic acids is 2. The van der Waals surface area contributed by atoms with Gasteiger partial charge in [-0.15, -0.1) is 0 Å². The van der Waals surface area contributed by atoms with Crippen molar-refractivity contribution in [3.63, 3.8) is 0 Å². The van der Waals surface area contributed by atoms with E-state index in [1.165, 1.54) is 4.90 Å². The first kappa shape index (κ1) is 14.8. The van der Waals surface area contributed by atoms with Gasteiger partial charge in [0.25, 0.3) is 0 Å². The quantitative estimate of drug-likeness (QED) is 0.788. The molecule has 0 bridgehead atoms. The van der Waals surface area contributed by atoms with Gasteiger partial charge in [-0.3, -0.25) is 14.4 Å². The summed E-state index contributed by atoms with van der Waals surface area (Å²) in [7, 11) is 0. The monoisotopic (exact) mass is 282 g/mol. The van der Waals surface area contributed by atoms with Gasteiger partial charge in [-0.1, -0.05) is 13.3 Å². The lowest BCUT2D eigenvalue weighted by atomic mass is 9.94. The third kappa shape index (κ3) is 2.64. The molecule has 0 aromatic carbocycles. The minimum atomic E-state index is -0.895. The van der Waals surface area contributed by atoms with E-state index in [4.69, 9.17) is 0 Å². The highest BCUT2D eigenvalue weighted by atomic mass is 16.4. The molecule has 4 atom stereocenters. The van der Waals surface area contributed by atoms with Crippen molar-refractivity contribution in [2.75, 3.05) is 13.1 Å². The van der Waals surface area contributed by atoms with E-state index < -0.39 is 23.8 Å². The molecule has 0 spiro atoms. The Morgan fingerprint density at radius 3 is 2.60 bits per heavy atom. The number of nitrogens with zero attached hydrogens (tertiary/aromatic N) is 1. The van der Waals surface area contributed by atoms with Crippen molar-refractivity contribution in [2.24, 2.45) is 17.8 Å². The molecular weight excluding hydrogens is 260 g/mol. The summed E-state index contributed by atoms with van der Waals surface area (Å²) >= 11 is 0. The maximum Gasteiger partial charge on any atom is 0.307 e. The van der Waals surface area contributed by atoms with Crippen molar-refractivity contribution in [2.45, 2.75) is 39.2 Å². The van der Waals surface area contributed by atoms with Crippen LogP contribution in [0.2, 0.25) is 0 Å². The van der Waals surface area contributed by atoms with E-state index in [-0.39, 0.29) is 11.8 Å². The number of carboxylic acid groups (broad SMARTS) is 1. The van der Waals surface area contributed by atoms with Crippen molar-refractivity contribution in [1.82, 2.24) is 10.2 Å². The minimum Gasteiger partial charge on any atom is -0.481 e. The van der Waals surface area contributed by atoms with Crippen molar-refractivity contribution >= 4 is 17.8 Å². The molecule has 0 aromatic heterocycles. The molecule has 2 N–H and O–H groups in total. The van der Waals surface area contributed by atoms with Crippen LogP contribution in [0.5, 0.6) is 0 Å². The van der Waals surface area contributed by atoms with Gasteiger partial charge in [0.2, 0.25) is 11.8 Å². The highest BCUT2D eigenvalue weighted by Gasteiger charge is 2.45. The summed E-state index contributed by atoms with van der Waals surface area (Å²) in [5.41, 5.74) is 0. The zero-order valence-electron chi connectivity index (χ0n) is 12.0. The molecule has 20 heavy (non-hydrogen) atoms.